The van der Waals surface area contributed by atoms with Crippen LogP contribution < -0.4 is 9.80 Å². The molecule has 0 aliphatic carbocycles. The minimum atomic E-state index is -4.55. The number of nitrogens with zero attached hydrogens (tertiary/aromatic N) is 3. The average Bonchev–Trinajstić information content (AvgIpc) is 2.79. The van der Waals surface area contributed by atoms with Crippen molar-refractivity contribution >= 4 is 28.8 Å². The van der Waals surface area contributed by atoms with Crippen molar-refractivity contribution in [1.82, 2.24) is 4.98 Å². The van der Waals surface area contributed by atoms with Gasteiger partial charge in [-0.25, -0.2) is 4.98 Å². The number of aromatic nitrogens is 1. The van der Waals surface area contributed by atoms with Gasteiger partial charge >= 0.3 is 6.18 Å². The van der Waals surface area contributed by atoms with Gasteiger partial charge in [0.2, 0.25) is 5.78 Å². The van der Waals surface area contributed by atoms with Crippen LogP contribution >= 0.6 is 11.6 Å². The molecule has 4 nitrogen and oxygen atoms in total. The molecule has 160 valence electrons. The number of carbonyl (C=O) groups is 1. The molecule has 1 saturated heterocycles. The molecule has 0 saturated carbocycles. The molecule has 0 unspecified atom stereocenters. The van der Waals surface area contributed by atoms with Gasteiger partial charge in [-0.2, -0.15) is 13.2 Å². The minimum Gasteiger partial charge on any atom is -0.368 e. The summed E-state index contributed by atoms with van der Waals surface area (Å²) < 4.78 is 40.1. The molecule has 8 heteroatoms. The van der Waals surface area contributed by atoms with Crippen LogP contribution in [-0.2, 0) is 6.18 Å². The predicted octanol–water partition coefficient (Wildman–Crippen LogP) is 5.31. The zero-order valence-corrected chi connectivity index (χ0v) is 17.2. The van der Waals surface area contributed by atoms with Gasteiger partial charge in [0.15, 0.2) is 0 Å². The lowest BCUT2D eigenvalue weighted by atomic mass is 10.0. The van der Waals surface area contributed by atoms with Gasteiger partial charge in [-0.1, -0.05) is 29.8 Å². The first-order valence-corrected chi connectivity index (χ1v) is 10.1. The zero-order chi connectivity index (χ0) is 22.0. The topological polar surface area (TPSA) is 36.4 Å². The second-order valence-electron chi connectivity index (χ2n) is 7.24. The number of ketones is 1. The Balaban J connectivity index is 1.65. The highest BCUT2D eigenvalue weighted by Crippen LogP contribution is 2.34. The number of rotatable bonds is 4. The molecule has 1 fully saturated rings. The molecule has 1 aliphatic heterocycles. The van der Waals surface area contributed by atoms with E-state index in [4.69, 9.17) is 11.6 Å². The van der Waals surface area contributed by atoms with E-state index in [1.54, 1.807) is 29.2 Å². The number of hydrogen-bond acceptors (Lipinski definition) is 4. The maximum absolute atomic E-state index is 13.4. The Bertz CT molecular complexity index is 1060. The van der Waals surface area contributed by atoms with Gasteiger partial charge in [-0.3, -0.25) is 4.79 Å². The normalized spacial score (nSPS) is 14.6. The third-order valence-corrected chi connectivity index (χ3v) is 5.51. The molecule has 0 atom stereocenters. The van der Waals surface area contributed by atoms with Gasteiger partial charge in [0.25, 0.3) is 0 Å². The largest absolute Gasteiger partial charge is 0.417 e. The van der Waals surface area contributed by atoms with Crippen LogP contribution in [0.5, 0.6) is 0 Å². The molecule has 2 aromatic carbocycles. The highest BCUT2D eigenvalue weighted by Gasteiger charge is 2.34. The summed E-state index contributed by atoms with van der Waals surface area (Å²) in [7, 11) is 0. The minimum absolute atomic E-state index is 0.00323. The quantitative estimate of drug-likeness (QED) is 0.510. The molecule has 1 aliphatic rings. The highest BCUT2D eigenvalue weighted by atomic mass is 35.5. The van der Waals surface area contributed by atoms with Crippen molar-refractivity contribution in [2.24, 2.45) is 0 Å². The van der Waals surface area contributed by atoms with E-state index in [9.17, 15) is 18.0 Å². The van der Waals surface area contributed by atoms with Crippen molar-refractivity contribution < 1.29 is 18.0 Å². The van der Waals surface area contributed by atoms with Crippen molar-refractivity contribution in [3.8, 4) is 0 Å². The van der Waals surface area contributed by atoms with Crippen LogP contribution in [0.15, 0.2) is 66.9 Å². The Morgan fingerprint density at radius 3 is 2.13 bits per heavy atom. The van der Waals surface area contributed by atoms with Crippen molar-refractivity contribution in [3.05, 3.63) is 88.7 Å². The van der Waals surface area contributed by atoms with Gasteiger partial charge in [0.1, 0.15) is 5.69 Å². The average molecular weight is 446 g/mol. The number of carbonyl (C=O) groups excluding carboxylic acids is 1. The summed E-state index contributed by atoms with van der Waals surface area (Å²) in [6, 6.07) is 17.1. The number of piperazine rings is 1. The summed E-state index contributed by atoms with van der Waals surface area (Å²) in [4.78, 5) is 20.9. The Kier molecular flexibility index (Phi) is 5.87. The van der Waals surface area contributed by atoms with Gasteiger partial charge in [0.05, 0.1) is 11.3 Å². The van der Waals surface area contributed by atoms with Crippen LogP contribution in [0.1, 0.15) is 21.6 Å². The molecule has 4 rings (SSSR count). The van der Waals surface area contributed by atoms with Gasteiger partial charge in [0, 0.05) is 48.6 Å². The molecule has 0 amide bonds. The number of para-hydroxylation sites is 1. The predicted molar refractivity (Wildman–Crippen MR) is 115 cm³/mol. The smallest absolute Gasteiger partial charge is 0.368 e. The lowest BCUT2D eigenvalue weighted by molar-refractivity contribution is -0.137. The van der Waals surface area contributed by atoms with Crippen molar-refractivity contribution in [3.63, 3.8) is 0 Å². The van der Waals surface area contributed by atoms with Crippen LogP contribution in [0.2, 0.25) is 5.02 Å². The van der Waals surface area contributed by atoms with E-state index in [-0.39, 0.29) is 11.4 Å². The number of halogens is 4. The fourth-order valence-electron chi connectivity index (χ4n) is 3.61. The molecular weight excluding hydrogens is 427 g/mol. The van der Waals surface area contributed by atoms with E-state index in [0.717, 1.165) is 11.8 Å². The molecular formula is C23H19ClF3N3O. The van der Waals surface area contributed by atoms with Crippen LogP contribution in [0, 0.1) is 0 Å². The molecule has 31 heavy (non-hydrogen) atoms. The lowest BCUT2D eigenvalue weighted by Crippen LogP contribution is -2.47. The fraction of sp³-hybridized carbons (Fsp3) is 0.217. The molecule has 0 N–H and O–H groups in total. The Labute approximate surface area is 182 Å². The van der Waals surface area contributed by atoms with Gasteiger partial charge in [-0.05, 0) is 42.5 Å². The maximum atomic E-state index is 13.4. The number of hydrogen-bond donors (Lipinski definition) is 0. The summed E-state index contributed by atoms with van der Waals surface area (Å²) in [6.45, 7) is 2.18. The van der Waals surface area contributed by atoms with Gasteiger partial charge < -0.3 is 9.80 Å². The molecule has 2 heterocycles. The molecule has 0 spiro atoms. The molecule has 0 radical (unpaired) electrons. The molecule has 0 bridgehead atoms. The summed E-state index contributed by atoms with van der Waals surface area (Å²) in [5, 5.41) is 0.467. The number of benzene rings is 2. The van der Waals surface area contributed by atoms with Crippen molar-refractivity contribution in [1.29, 1.82) is 0 Å². The van der Waals surface area contributed by atoms with Crippen LogP contribution in [0.25, 0.3) is 0 Å². The Morgan fingerprint density at radius 2 is 1.52 bits per heavy atom. The number of pyridine rings is 1. The maximum Gasteiger partial charge on any atom is 0.417 e. The van der Waals surface area contributed by atoms with E-state index >= 15 is 0 Å². The Hall–Kier alpha value is -3.06. The third kappa shape index (κ3) is 4.66. The second kappa shape index (κ2) is 8.59. The molecule has 1 aromatic heterocycles. The number of anilines is 2. The summed E-state index contributed by atoms with van der Waals surface area (Å²) in [6.07, 6.45) is -3.83. The van der Waals surface area contributed by atoms with E-state index in [1.165, 1.54) is 0 Å². The lowest BCUT2D eigenvalue weighted by Gasteiger charge is -2.38. The zero-order valence-electron chi connectivity index (χ0n) is 16.4. The van der Waals surface area contributed by atoms with Crippen molar-refractivity contribution in [2.45, 2.75) is 6.18 Å². The first-order chi connectivity index (χ1) is 14.8. The van der Waals surface area contributed by atoms with Crippen LogP contribution in [-0.4, -0.2) is 36.9 Å². The van der Waals surface area contributed by atoms with Crippen LogP contribution in [0.4, 0.5) is 24.5 Å². The second-order valence-corrected chi connectivity index (χ2v) is 7.67. The first kappa shape index (κ1) is 21.2. The van der Waals surface area contributed by atoms with E-state index < -0.39 is 17.5 Å². The summed E-state index contributed by atoms with van der Waals surface area (Å²) >= 11 is 5.89. The molecule has 3 aromatic rings. The van der Waals surface area contributed by atoms with Crippen molar-refractivity contribution in [2.75, 3.05) is 36.0 Å². The van der Waals surface area contributed by atoms with E-state index in [0.29, 0.717) is 43.0 Å². The van der Waals surface area contributed by atoms with Crippen LogP contribution in [0.3, 0.4) is 0 Å². The third-order valence-electron chi connectivity index (χ3n) is 5.26. The standard InChI is InChI=1S/C23H19ClF3N3O/c24-18-8-6-16(7-9-18)22(31)21-20(14-17(15-28-21)23(25,26)27)30-12-10-29(11-13-30)19-4-2-1-3-5-19/h1-9,14-15H,10-13H2. The summed E-state index contributed by atoms with van der Waals surface area (Å²) in [5.41, 5.74) is 0.703. The fourth-order valence-corrected chi connectivity index (χ4v) is 3.73. The highest BCUT2D eigenvalue weighted by molar-refractivity contribution is 6.30. The Morgan fingerprint density at radius 1 is 0.903 bits per heavy atom. The summed E-state index contributed by atoms with van der Waals surface area (Å²) in [5.74, 6) is -0.439. The van der Waals surface area contributed by atoms with Gasteiger partial charge in [-0.15, -0.1) is 0 Å². The monoisotopic (exact) mass is 445 g/mol. The SMILES string of the molecule is O=C(c1ccc(Cl)cc1)c1ncc(C(F)(F)F)cc1N1CCN(c2ccccc2)CC1. The number of alkyl halides is 3. The van der Waals surface area contributed by atoms with E-state index in [1.807, 2.05) is 30.3 Å². The first-order valence-electron chi connectivity index (χ1n) is 9.75. The van der Waals surface area contributed by atoms with E-state index in [2.05, 4.69) is 9.88 Å².